The molecule has 0 aromatic heterocycles. The van der Waals surface area contributed by atoms with E-state index in [9.17, 15) is 4.79 Å². The molecule has 1 amide bonds. The molecule has 2 heterocycles. The molecule has 0 aliphatic carbocycles. The minimum atomic E-state index is -0.00618. The Morgan fingerprint density at radius 2 is 1.88 bits per heavy atom. The van der Waals surface area contributed by atoms with Crippen molar-refractivity contribution in [3.05, 3.63) is 0 Å². The number of carbonyl (C=O) groups is 1. The van der Waals surface area contributed by atoms with Crippen molar-refractivity contribution < 1.29 is 4.79 Å². The quantitative estimate of drug-likeness (QED) is 0.766. The second-order valence-corrected chi connectivity index (χ2v) is 5.23. The number of amides is 1. The lowest BCUT2D eigenvalue weighted by Gasteiger charge is -2.45. The number of nitrogens with one attached hydrogen (secondary N) is 1. The van der Waals surface area contributed by atoms with Gasteiger partial charge in [-0.15, -0.1) is 12.4 Å². The first-order valence-corrected chi connectivity index (χ1v) is 6.17. The maximum absolute atomic E-state index is 12.4. The summed E-state index contributed by atoms with van der Waals surface area (Å²) in [4.78, 5) is 14.5. The summed E-state index contributed by atoms with van der Waals surface area (Å²) in [5.41, 5.74) is -0.00618. The molecule has 1 N–H and O–H groups in total. The van der Waals surface area contributed by atoms with Crippen LogP contribution in [0.5, 0.6) is 0 Å². The zero-order chi connectivity index (χ0) is 10.9. The Labute approximate surface area is 104 Å². The van der Waals surface area contributed by atoms with Gasteiger partial charge in [0.15, 0.2) is 0 Å². The molecule has 2 fully saturated rings. The monoisotopic (exact) mass is 246 g/mol. The third-order valence-corrected chi connectivity index (χ3v) is 3.95. The van der Waals surface area contributed by atoms with Gasteiger partial charge in [0.1, 0.15) is 0 Å². The molecular formula is C12H23ClN2O. The van der Waals surface area contributed by atoms with Gasteiger partial charge in [0.05, 0.1) is 5.41 Å². The molecule has 0 unspecified atom stereocenters. The van der Waals surface area contributed by atoms with Gasteiger partial charge in [0.25, 0.3) is 0 Å². The van der Waals surface area contributed by atoms with E-state index in [1.807, 2.05) is 0 Å². The van der Waals surface area contributed by atoms with E-state index in [1.165, 1.54) is 6.42 Å². The fourth-order valence-electron chi connectivity index (χ4n) is 2.96. The van der Waals surface area contributed by atoms with Gasteiger partial charge in [-0.25, -0.2) is 0 Å². The first kappa shape index (κ1) is 13.8. The molecule has 2 rings (SSSR count). The molecule has 1 spiro atoms. The molecule has 94 valence electrons. The van der Waals surface area contributed by atoms with E-state index in [4.69, 9.17) is 0 Å². The van der Waals surface area contributed by atoms with Crippen molar-refractivity contribution in [2.45, 2.75) is 45.6 Å². The molecule has 2 aliphatic heterocycles. The maximum atomic E-state index is 12.4. The summed E-state index contributed by atoms with van der Waals surface area (Å²) in [6.45, 7) is 7.23. The number of likely N-dealkylation sites (tertiary alicyclic amines) is 1. The van der Waals surface area contributed by atoms with Crippen LogP contribution in [0.25, 0.3) is 0 Å². The average Bonchev–Trinajstić information content (AvgIpc) is 2.23. The van der Waals surface area contributed by atoms with Crippen molar-refractivity contribution in [2.75, 3.05) is 19.6 Å². The van der Waals surface area contributed by atoms with Gasteiger partial charge < -0.3 is 10.2 Å². The molecule has 0 aromatic rings. The molecule has 0 bridgehead atoms. The Balaban J connectivity index is 0.00000128. The third kappa shape index (κ3) is 2.35. The minimum absolute atomic E-state index is 0. The highest BCUT2D eigenvalue weighted by Crippen LogP contribution is 2.39. The number of rotatable bonds is 1. The van der Waals surface area contributed by atoms with Crippen LogP contribution in [0.4, 0.5) is 0 Å². The molecule has 3 nitrogen and oxygen atoms in total. The molecule has 0 atom stereocenters. The van der Waals surface area contributed by atoms with Crippen LogP contribution in [-0.4, -0.2) is 36.5 Å². The van der Waals surface area contributed by atoms with Crippen LogP contribution in [0.15, 0.2) is 0 Å². The maximum Gasteiger partial charge on any atom is 0.229 e. The lowest BCUT2D eigenvalue weighted by Crippen LogP contribution is -2.54. The Kier molecular flexibility index (Phi) is 4.62. The number of piperidine rings is 2. The second kappa shape index (κ2) is 5.37. The highest BCUT2D eigenvalue weighted by molar-refractivity contribution is 5.85. The summed E-state index contributed by atoms with van der Waals surface area (Å²) in [6.07, 6.45) is 4.37. The van der Waals surface area contributed by atoms with Gasteiger partial charge in [-0.05, 0) is 52.6 Å². The van der Waals surface area contributed by atoms with Crippen LogP contribution in [0, 0.1) is 5.41 Å². The predicted molar refractivity (Wildman–Crippen MR) is 67.9 cm³/mol. The summed E-state index contributed by atoms with van der Waals surface area (Å²) in [5.74, 6) is 0.422. The summed E-state index contributed by atoms with van der Waals surface area (Å²) in [5, 5.41) is 3.35. The number of hydrogen-bond acceptors (Lipinski definition) is 2. The third-order valence-electron chi connectivity index (χ3n) is 3.95. The summed E-state index contributed by atoms with van der Waals surface area (Å²) >= 11 is 0. The lowest BCUT2D eigenvalue weighted by atomic mass is 9.72. The first-order valence-electron chi connectivity index (χ1n) is 6.17. The van der Waals surface area contributed by atoms with Crippen LogP contribution < -0.4 is 5.32 Å². The van der Waals surface area contributed by atoms with Gasteiger partial charge in [0, 0.05) is 12.6 Å². The van der Waals surface area contributed by atoms with Crippen LogP contribution in [-0.2, 0) is 4.79 Å². The van der Waals surface area contributed by atoms with Crippen LogP contribution >= 0.6 is 12.4 Å². The topological polar surface area (TPSA) is 32.3 Å². The SMILES string of the molecule is CC(C)N1CCCC2(CCNCC2)C1=O.Cl. The standard InChI is InChI=1S/C12H22N2O.ClH/c1-10(2)14-9-3-4-12(11(14)15)5-7-13-8-6-12;/h10,13H,3-9H2,1-2H3;1H. The van der Waals surface area contributed by atoms with Crippen molar-refractivity contribution in [1.29, 1.82) is 0 Å². The predicted octanol–water partition coefficient (Wildman–Crippen LogP) is 1.81. The van der Waals surface area contributed by atoms with E-state index in [2.05, 4.69) is 24.1 Å². The largest absolute Gasteiger partial charge is 0.340 e. The number of carbonyl (C=O) groups excluding carboxylic acids is 1. The summed E-state index contributed by atoms with van der Waals surface area (Å²) in [6, 6.07) is 0.365. The van der Waals surface area contributed by atoms with E-state index in [0.29, 0.717) is 11.9 Å². The zero-order valence-corrected chi connectivity index (χ0v) is 11.1. The van der Waals surface area contributed by atoms with Crippen molar-refractivity contribution in [3.63, 3.8) is 0 Å². The van der Waals surface area contributed by atoms with Gasteiger partial charge in [-0.1, -0.05) is 0 Å². The number of halogens is 1. The average molecular weight is 247 g/mol. The van der Waals surface area contributed by atoms with E-state index >= 15 is 0 Å². The van der Waals surface area contributed by atoms with Gasteiger partial charge in [0.2, 0.25) is 5.91 Å². The fraction of sp³-hybridized carbons (Fsp3) is 0.917. The van der Waals surface area contributed by atoms with Gasteiger partial charge in [-0.2, -0.15) is 0 Å². The second-order valence-electron chi connectivity index (χ2n) is 5.23. The number of nitrogens with zero attached hydrogens (tertiary/aromatic N) is 1. The van der Waals surface area contributed by atoms with E-state index in [-0.39, 0.29) is 17.8 Å². The Morgan fingerprint density at radius 1 is 1.25 bits per heavy atom. The smallest absolute Gasteiger partial charge is 0.229 e. The van der Waals surface area contributed by atoms with Crippen molar-refractivity contribution >= 4 is 18.3 Å². The molecule has 2 aliphatic rings. The van der Waals surface area contributed by atoms with E-state index < -0.39 is 0 Å². The molecule has 16 heavy (non-hydrogen) atoms. The van der Waals surface area contributed by atoms with Crippen LogP contribution in [0.1, 0.15) is 39.5 Å². The first-order chi connectivity index (χ1) is 7.16. The van der Waals surface area contributed by atoms with Crippen LogP contribution in [0.2, 0.25) is 0 Å². The van der Waals surface area contributed by atoms with Crippen molar-refractivity contribution in [3.8, 4) is 0 Å². The fourth-order valence-corrected chi connectivity index (χ4v) is 2.96. The van der Waals surface area contributed by atoms with Gasteiger partial charge in [-0.3, -0.25) is 4.79 Å². The normalized spacial score (nSPS) is 24.7. The van der Waals surface area contributed by atoms with E-state index in [1.54, 1.807) is 0 Å². The Bertz CT molecular complexity index is 244. The lowest BCUT2D eigenvalue weighted by molar-refractivity contribution is -0.150. The summed E-state index contributed by atoms with van der Waals surface area (Å²) in [7, 11) is 0. The molecule has 0 aromatic carbocycles. The minimum Gasteiger partial charge on any atom is -0.340 e. The molecule has 2 saturated heterocycles. The molecular weight excluding hydrogens is 224 g/mol. The highest BCUT2D eigenvalue weighted by Gasteiger charge is 2.44. The number of hydrogen-bond donors (Lipinski definition) is 1. The summed E-state index contributed by atoms with van der Waals surface area (Å²) < 4.78 is 0. The zero-order valence-electron chi connectivity index (χ0n) is 10.3. The Morgan fingerprint density at radius 3 is 2.44 bits per heavy atom. The van der Waals surface area contributed by atoms with E-state index in [0.717, 1.165) is 38.9 Å². The highest BCUT2D eigenvalue weighted by atomic mass is 35.5. The molecule has 0 saturated carbocycles. The van der Waals surface area contributed by atoms with Gasteiger partial charge >= 0.3 is 0 Å². The molecule has 4 heteroatoms. The Hall–Kier alpha value is -0.280. The van der Waals surface area contributed by atoms with Crippen LogP contribution in [0.3, 0.4) is 0 Å². The molecule has 0 radical (unpaired) electrons. The van der Waals surface area contributed by atoms with Crippen molar-refractivity contribution in [2.24, 2.45) is 5.41 Å². The van der Waals surface area contributed by atoms with Crippen molar-refractivity contribution in [1.82, 2.24) is 10.2 Å².